The summed E-state index contributed by atoms with van der Waals surface area (Å²) in [6.45, 7) is 12.9. The first kappa shape index (κ1) is 41.9. The molecule has 49 heavy (non-hydrogen) atoms. The van der Waals surface area contributed by atoms with E-state index in [1.807, 2.05) is 29.2 Å². The van der Waals surface area contributed by atoms with Gasteiger partial charge >= 0.3 is 6.61 Å². The molecule has 0 fully saturated rings. The number of carbonyl (C=O) groups excluding carboxylic acids is 1. The zero-order valence-electron chi connectivity index (χ0n) is 31.1. The van der Waals surface area contributed by atoms with Gasteiger partial charge in [0.05, 0.1) is 18.2 Å². The molecule has 0 saturated carbocycles. The van der Waals surface area contributed by atoms with Crippen LogP contribution < -0.4 is 10.1 Å². The summed E-state index contributed by atoms with van der Waals surface area (Å²) in [6, 6.07) is 12.5. The molecule has 0 bridgehead atoms. The molecule has 3 rings (SSSR count). The minimum Gasteiger partial charge on any atom is -0.435 e. The lowest BCUT2D eigenvalue weighted by Crippen LogP contribution is -2.34. The molecule has 0 aliphatic heterocycles. The Kier molecular flexibility index (Phi) is 19.8. The molecule has 0 atom stereocenters. The molecule has 0 saturated heterocycles. The second-order valence-electron chi connectivity index (χ2n) is 13.8. The molecule has 3 aromatic rings. The predicted molar refractivity (Wildman–Crippen MR) is 197 cm³/mol. The van der Waals surface area contributed by atoms with Gasteiger partial charge < -0.3 is 24.4 Å². The molecule has 1 amide bonds. The van der Waals surface area contributed by atoms with Gasteiger partial charge in [0.2, 0.25) is 5.95 Å². The lowest BCUT2D eigenvalue weighted by Gasteiger charge is -2.24. The van der Waals surface area contributed by atoms with Crippen molar-refractivity contribution in [3.63, 3.8) is 0 Å². The van der Waals surface area contributed by atoms with E-state index in [0.29, 0.717) is 37.1 Å². The average molecular weight is 690 g/mol. The Hall–Kier alpha value is -3.27. The van der Waals surface area contributed by atoms with Crippen molar-refractivity contribution in [2.45, 2.75) is 112 Å². The number of nitrogens with zero attached hydrogens (tertiary/aromatic N) is 4. The summed E-state index contributed by atoms with van der Waals surface area (Å²) < 4.78 is 41.9. The third-order valence-electron chi connectivity index (χ3n) is 8.62. The van der Waals surface area contributed by atoms with Crippen molar-refractivity contribution in [1.82, 2.24) is 19.4 Å². The SMILES string of the molecule is CCCCCCCN(C)CCCCn1c(NCc2cccc(OC(F)F)c2)nc2ccc(C(=O)N(CCC(C)C)CCC(C)C)cc21.CF. The standard InChI is InChI=1S/C38H59F2N5O2.CH3F/c1-7-8-9-10-11-21-43(6)22-12-13-23-45-35-27-32(36(46)44(24-19-29(2)3)25-20-30(4)5)17-18-34(35)42-38(45)41-28-31-15-14-16-33(26-31)47-37(39)40;1-2/h14-18,26-27,29-30,37H,7-13,19-25,28H2,1-6H3,(H,41,42);1H3. The van der Waals surface area contributed by atoms with Gasteiger partial charge in [-0.3, -0.25) is 9.18 Å². The van der Waals surface area contributed by atoms with Crippen molar-refractivity contribution in [3.05, 3.63) is 53.6 Å². The fourth-order valence-electron chi connectivity index (χ4n) is 5.70. The van der Waals surface area contributed by atoms with E-state index in [9.17, 15) is 18.0 Å². The summed E-state index contributed by atoms with van der Waals surface area (Å²) >= 11 is 0. The maximum Gasteiger partial charge on any atom is 0.387 e. The van der Waals surface area contributed by atoms with Crippen molar-refractivity contribution in [1.29, 1.82) is 0 Å². The van der Waals surface area contributed by atoms with Crippen LogP contribution >= 0.6 is 0 Å². The lowest BCUT2D eigenvalue weighted by molar-refractivity contribution is -0.0498. The van der Waals surface area contributed by atoms with Gasteiger partial charge in [-0.1, -0.05) is 72.4 Å². The van der Waals surface area contributed by atoms with Crippen LogP contribution in [-0.2, 0) is 13.1 Å². The van der Waals surface area contributed by atoms with Crippen LogP contribution in [0.4, 0.5) is 19.1 Å². The number of unbranched alkanes of at least 4 members (excludes halogenated alkanes) is 5. The largest absolute Gasteiger partial charge is 0.435 e. The number of hydrogen-bond donors (Lipinski definition) is 1. The monoisotopic (exact) mass is 689 g/mol. The number of carbonyl (C=O) groups is 1. The van der Waals surface area contributed by atoms with Gasteiger partial charge in [-0.25, -0.2) is 4.98 Å². The van der Waals surface area contributed by atoms with Crippen molar-refractivity contribution in [3.8, 4) is 5.75 Å². The molecule has 0 spiro atoms. The number of anilines is 1. The number of alkyl halides is 3. The highest BCUT2D eigenvalue weighted by molar-refractivity contribution is 5.97. The zero-order chi connectivity index (χ0) is 36.2. The number of benzene rings is 2. The first-order valence-corrected chi connectivity index (χ1v) is 18.2. The van der Waals surface area contributed by atoms with Crippen molar-refractivity contribution >= 4 is 22.9 Å². The van der Waals surface area contributed by atoms with Crippen LogP contribution in [-0.4, -0.2) is 72.3 Å². The van der Waals surface area contributed by atoms with Crippen LogP contribution in [0, 0.1) is 11.8 Å². The number of amides is 1. The number of hydrogen-bond acceptors (Lipinski definition) is 5. The third kappa shape index (κ3) is 15.4. The van der Waals surface area contributed by atoms with E-state index in [4.69, 9.17) is 4.98 Å². The Morgan fingerprint density at radius 1 is 0.878 bits per heavy atom. The first-order valence-electron chi connectivity index (χ1n) is 18.2. The van der Waals surface area contributed by atoms with E-state index in [-0.39, 0.29) is 11.7 Å². The van der Waals surface area contributed by atoms with Gasteiger partial charge in [0, 0.05) is 31.7 Å². The molecule has 1 heterocycles. The van der Waals surface area contributed by atoms with E-state index in [2.05, 4.69) is 61.2 Å². The molecule has 2 aromatic carbocycles. The van der Waals surface area contributed by atoms with Gasteiger partial charge in [-0.15, -0.1) is 0 Å². The summed E-state index contributed by atoms with van der Waals surface area (Å²) in [5.74, 6) is 1.93. The summed E-state index contributed by atoms with van der Waals surface area (Å²) in [4.78, 5) is 23.2. The summed E-state index contributed by atoms with van der Waals surface area (Å²) in [7, 11) is 2.70. The molecule has 0 aliphatic rings. The van der Waals surface area contributed by atoms with Gasteiger partial charge in [-0.05, 0) is 100.0 Å². The van der Waals surface area contributed by atoms with E-state index >= 15 is 0 Å². The molecule has 7 nitrogen and oxygen atoms in total. The zero-order valence-corrected chi connectivity index (χ0v) is 31.1. The van der Waals surface area contributed by atoms with E-state index in [1.165, 1.54) is 38.2 Å². The fourth-order valence-corrected chi connectivity index (χ4v) is 5.70. The molecule has 1 N–H and O–H groups in total. The van der Waals surface area contributed by atoms with Crippen molar-refractivity contribution < 1.29 is 22.7 Å². The Bertz CT molecular complexity index is 1340. The Balaban J connectivity index is 0.00000409. The molecule has 0 aliphatic carbocycles. The highest BCUT2D eigenvalue weighted by atomic mass is 19.3. The molecule has 0 radical (unpaired) electrons. The quantitative estimate of drug-likeness (QED) is 0.100. The number of rotatable bonds is 23. The van der Waals surface area contributed by atoms with Crippen molar-refractivity contribution in [2.24, 2.45) is 11.8 Å². The molecular weight excluding hydrogens is 627 g/mol. The Labute approximate surface area is 293 Å². The first-order chi connectivity index (χ1) is 23.6. The van der Waals surface area contributed by atoms with Gasteiger partial charge in [0.25, 0.3) is 5.91 Å². The van der Waals surface area contributed by atoms with Crippen molar-refractivity contribution in [2.75, 3.05) is 45.7 Å². The number of aryl methyl sites for hydroxylation is 1. The number of nitrogens with one attached hydrogen (secondary N) is 1. The second kappa shape index (κ2) is 23.2. The maximum absolute atomic E-state index is 13.8. The summed E-state index contributed by atoms with van der Waals surface area (Å²) in [6.07, 6.45) is 10.4. The minimum atomic E-state index is -2.87. The summed E-state index contributed by atoms with van der Waals surface area (Å²) in [5, 5.41) is 3.43. The number of ether oxygens (including phenoxy) is 1. The third-order valence-corrected chi connectivity index (χ3v) is 8.62. The highest BCUT2D eigenvalue weighted by Crippen LogP contribution is 2.25. The topological polar surface area (TPSA) is 62.6 Å². The predicted octanol–water partition coefficient (Wildman–Crippen LogP) is 10.1. The molecule has 0 unspecified atom stereocenters. The Morgan fingerprint density at radius 2 is 1.53 bits per heavy atom. The molecule has 1 aromatic heterocycles. The lowest BCUT2D eigenvalue weighted by atomic mass is 10.1. The van der Waals surface area contributed by atoms with E-state index in [0.717, 1.165) is 75.0 Å². The van der Waals surface area contributed by atoms with Crippen LogP contribution in [0.3, 0.4) is 0 Å². The smallest absolute Gasteiger partial charge is 0.387 e. The fraction of sp³-hybridized carbons (Fsp3) is 0.641. The maximum atomic E-state index is 13.8. The number of imidazole rings is 1. The van der Waals surface area contributed by atoms with Gasteiger partial charge in [-0.2, -0.15) is 8.78 Å². The van der Waals surface area contributed by atoms with Crippen LogP contribution in [0.2, 0.25) is 0 Å². The van der Waals surface area contributed by atoms with Crippen LogP contribution in [0.5, 0.6) is 5.75 Å². The Morgan fingerprint density at radius 3 is 2.16 bits per heavy atom. The van der Waals surface area contributed by atoms with Crippen LogP contribution in [0.25, 0.3) is 11.0 Å². The number of halogens is 3. The van der Waals surface area contributed by atoms with Gasteiger partial charge in [0.15, 0.2) is 0 Å². The molecule has 10 heteroatoms. The average Bonchev–Trinajstić information content (AvgIpc) is 3.42. The summed E-state index contributed by atoms with van der Waals surface area (Å²) in [5.41, 5.74) is 3.23. The number of aromatic nitrogens is 2. The highest BCUT2D eigenvalue weighted by Gasteiger charge is 2.19. The van der Waals surface area contributed by atoms with Crippen LogP contribution in [0.15, 0.2) is 42.5 Å². The van der Waals surface area contributed by atoms with Crippen LogP contribution in [0.1, 0.15) is 108 Å². The normalized spacial score (nSPS) is 11.5. The molecular formula is C39H62F3N5O2. The number of fused-ring (bicyclic) bond motifs is 1. The minimum absolute atomic E-state index is 0.0619. The van der Waals surface area contributed by atoms with E-state index < -0.39 is 6.61 Å². The van der Waals surface area contributed by atoms with Gasteiger partial charge in [0.1, 0.15) is 5.75 Å². The molecule has 276 valence electrons. The van der Waals surface area contributed by atoms with E-state index in [1.54, 1.807) is 12.1 Å². The second-order valence-corrected chi connectivity index (χ2v) is 13.8.